The fourth-order valence-electron chi connectivity index (χ4n) is 1.34. The van der Waals surface area contributed by atoms with Crippen molar-refractivity contribution in [1.29, 1.82) is 0 Å². The molecule has 2 aromatic rings. The van der Waals surface area contributed by atoms with Crippen LogP contribution >= 0.6 is 11.6 Å². The third-order valence-corrected chi connectivity index (χ3v) is 2.34. The maximum Gasteiger partial charge on any atom is 0.227 e. The molecule has 0 amide bonds. The Labute approximate surface area is 93.1 Å². The Morgan fingerprint density at radius 3 is 2.60 bits per heavy atom. The average Bonchev–Trinajstić information content (AvgIpc) is 2.76. The van der Waals surface area contributed by atoms with Crippen molar-refractivity contribution >= 4 is 11.6 Å². The van der Waals surface area contributed by atoms with E-state index in [1.165, 1.54) is 5.56 Å². The second-order valence-electron chi connectivity index (χ2n) is 3.22. The molecule has 0 aliphatic heterocycles. The molecule has 0 radical (unpaired) electrons. The van der Waals surface area contributed by atoms with E-state index in [9.17, 15) is 0 Å². The molecule has 0 unspecified atom stereocenters. The number of hydrogen-bond donors (Lipinski definition) is 0. The number of nitrogens with zero attached hydrogens (tertiary/aromatic N) is 2. The summed E-state index contributed by atoms with van der Waals surface area (Å²) >= 11 is 5.57. The van der Waals surface area contributed by atoms with Crippen LogP contribution in [0.4, 0.5) is 0 Å². The average molecular weight is 223 g/mol. The topological polar surface area (TPSA) is 38.9 Å². The molecule has 0 aliphatic carbocycles. The zero-order valence-corrected chi connectivity index (χ0v) is 8.94. The Bertz CT molecular complexity index is 414. The summed E-state index contributed by atoms with van der Waals surface area (Å²) in [4.78, 5) is 4.13. The summed E-state index contributed by atoms with van der Waals surface area (Å²) in [6.45, 7) is 0. The van der Waals surface area contributed by atoms with Crippen LogP contribution in [0, 0.1) is 0 Å². The maximum absolute atomic E-state index is 5.57. The van der Waals surface area contributed by atoms with Gasteiger partial charge in [0.1, 0.15) is 0 Å². The van der Waals surface area contributed by atoms with E-state index >= 15 is 0 Å². The number of hydrogen-bond acceptors (Lipinski definition) is 3. The maximum atomic E-state index is 5.57. The Morgan fingerprint density at radius 2 is 1.93 bits per heavy atom. The molecule has 1 aromatic heterocycles. The second kappa shape index (κ2) is 4.94. The van der Waals surface area contributed by atoms with E-state index < -0.39 is 0 Å². The van der Waals surface area contributed by atoms with E-state index in [1.54, 1.807) is 0 Å². The van der Waals surface area contributed by atoms with Gasteiger partial charge in [0.25, 0.3) is 0 Å². The lowest BCUT2D eigenvalue weighted by Crippen LogP contribution is -1.91. The van der Waals surface area contributed by atoms with Crippen molar-refractivity contribution in [2.75, 3.05) is 0 Å². The van der Waals surface area contributed by atoms with Crippen molar-refractivity contribution < 1.29 is 4.52 Å². The third kappa shape index (κ3) is 2.80. The monoisotopic (exact) mass is 222 g/mol. The summed E-state index contributed by atoms with van der Waals surface area (Å²) in [5.74, 6) is 1.50. The minimum Gasteiger partial charge on any atom is -0.339 e. The third-order valence-electron chi connectivity index (χ3n) is 2.10. The summed E-state index contributed by atoms with van der Waals surface area (Å²) in [5.41, 5.74) is 1.27. The second-order valence-corrected chi connectivity index (χ2v) is 3.49. The normalized spacial score (nSPS) is 10.5. The van der Waals surface area contributed by atoms with Gasteiger partial charge in [0.05, 0.1) is 5.88 Å². The predicted molar refractivity (Wildman–Crippen MR) is 57.7 cm³/mol. The fourth-order valence-corrected chi connectivity index (χ4v) is 1.45. The van der Waals surface area contributed by atoms with Gasteiger partial charge in [0, 0.05) is 6.42 Å². The van der Waals surface area contributed by atoms with E-state index in [0.717, 1.165) is 12.8 Å². The molecule has 78 valence electrons. The first-order valence-corrected chi connectivity index (χ1v) is 5.33. The van der Waals surface area contributed by atoms with Crippen LogP contribution in [0.3, 0.4) is 0 Å². The van der Waals surface area contributed by atoms with Crippen LogP contribution in [-0.2, 0) is 18.7 Å². The molecule has 2 rings (SSSR count). The van der Waals surface area contributed by atoms with Crippen molar-refractivity contribution in [3.05, 3.63) is 47.6 Å². The van der Waals surface area contributed by atoms with Crippen LogP contribution < -0.4 is 0 Å². The van der Waals surface area contributed by atoms with Crippen molar-refractivity contribution in [1.82, 2.24) is 10.1 Å². The molecule has 3 nitrogen and oxygen atoms in total. The smallest absolute Gasteiger partial charge is 0.227 e. The van der Waals surface area contributed by atoms with E-state index in [1.807, 2.05) is 18.2 Å². The first-order valence-electron chi connectivity index (χ1n) is 4.80. The van der Waals surface area contributed by atoms with Crippen molar-refractivity contribution in [2.24, 2.45) is 0 Å². The lowest BCUT2D eigenvalue weighted by atomic mass is 10.1. The molecular weight excluding hydrogens is 212 g/mol. The van der Waals surface area contributed by atoms with Gasteiger partial charge in [-0.15, -0.1) is 11.6 Å². The highest BCUT2D eigenvalue weighted by Crippen LogP contribution is 2.06. The van der Waals surface area contributed by atoms with Gasteiger partial charge in [-0.3, -0.25) is 0 Å². The molecule has 0 fully saturated rings. The van der Waals surface area contributed by atoms with Crippen LogP contribution in [0.25, 0.3) is 0 Å². The van der Waals surface area contributed by atoms with Crippen LogP contribution in [0.15, 0.2) is 34.9 Å². The minimum atomic E-state index is 0.300. The van der Waals surface area contributed by atoms with Gasteiger partial charge >= 0.3 is 0 Å². The number of halogens is 1. The molecule has 0 saturated carbocycles. The summed E-state index contributed by atoms with van der Waals surface area (Å²) in [6.07, 6.45) is 1.67. The fraction of sp³-hybridized carbons (Fsp3) is 0.273. The molecule has 0 bridgehead atoms. The molecule has 4 heteroatoms. The predicted octanol–water partition coefficient (Wildman–Crippen LogP) is 2.59. The molecule has 0 aliphatic rings. The van der Waals surface area contributed by atoms with Crippen molar-refractivity contribution in [3.63, 3.8) is 0 Å². The van der Waals surface area contributed by atoms with Gasteiger partial charge in [-0.25, -0.2) is 0 Å². The summed E-state index contributed by atoms with van der Waals surface area (Å²) in [6, 6.07) is 10.2. The molecule has 0 N–H and O–H groups in total. The number of alkyl halides is 1. The lowest BCUT2D eigenvalue weighted by Gasteiger charge is -1.96. The lowest BCUT2D eigenvalue weighted by molar-refractivity contribution is 0.374. The van der Waals surface area contributed by atoms with Crippen molar-refractivity contribution in [3.8, 4) is 0 Å². The summed E-state index contributed by atoms with van der Waals surface area (Å²) in [5, 5.41) is 3.73. The highest BCUT2D eigenvalue weighted by atomic mass is 35.5. The highest BCUT2D eigenvalue weighted by Gasteiger charge is 2.04. The van der Waals surface area contributed by atoms with Gasteiger partial charge in [-0.05, 0) is 12.0 Å². The zero-order chi connectivity index (χ0) is 10.5. The van der Waals surface area contributed by atoms with E-state index in [0.29, 0.717) is 17.6 Å². The molecular formula is C11H11ClN2O. The molecule has 15 heavy (non-hydrogen) atoms. The summed E-state index contributed by atoms with van der Waals surface area (Å²) in [7, 11) is 0. The quantitative estimate of drug-likeness (QED) is 0.747. The highest BCUT2D eigenvalue weighted by molar-refractivity contribution is 6.16. The van der Waals surface area contributed by atoms with Crippen LogP contribution in [-0.4, -0.2) is 10.1 Å². The van der Waals surface area contributed by atoms with Crippen molar-refractivity contribution in [2.45, 2.75) is 18.7 Å². The zero-order valence-electron chi connectivity index (χ0n) is 8.19. The van der Waals surface area contributed by atoms with Gasteiger partial charge < -0.3 is 4.52 Å². The number of aryl methyl sites for hydroxylation is 2. The number of aromatic nitrogens is 2. The van der Waals surface area contributed by atoms with Crippen LogP contribution in [0.5, 0.6) is 0 Å². The van der Waals surface area contributed by atoms with E-state index in [4.69, 9.17) is 16.1 Å². The van der Waals surface area contributed by atoms with Crippen LogP contribution in [0.2, 0.25) is 0 Å². The van der Waals surface area contributed by atoms with Gasteiger partial charge in [-0.2, -0.15) is 4.98 Å². The SMILES string of the molecule is ClCc1noc(CCc2ccccc2)n1. The Kier molecular flexibility index (Phi) is 3.35. The van der Waals surface area contributed by atoms with E-state index in [-0.39, 0.29) is 0 Å². The largest absolute Gasteiger partial charge is 0.339 e. The first-order chi connectivity index (χ1) is 7.38. The molecule has 1 heterocycles. The Morgan fingerprint density at radius 1 is 1.13 bits per heavy atom. The number of benzene rings is 1. The molecule has 0 spiro atoms. The van der Waals surface area contributed by atoms with Gasteiger partial charge in [0.2, 0.25) is 5.89 Å². The Balaban J connectivity index is 1.93. The van der Waals surface area contributed by atoms with E-state index in [2.05, 4.69) is 22.3 Å². The first kappa shape index (κ1) is 10.2. The standard InChI is InChI=1S/C11H11ClN2O/c12-8-10-13-11(15-14-10)7-6-9-4-2-1-3-5-9/h1-5H,6-8H2. The summed E-state index contributed by atoms with van der Waals surface area (Å²) < 4.78 is 5.03. The van der Waals surface area contributed by atoms with Crippen LogP contribution in [0.1, 0.15) is 17.3 Å². The molecule has 1 aromatic carbocycles. The molecule has 0 saturated heterocycles. The number of rotatable bonds is 4. The van der Waals surface area contributed by atoms with Gasteiger partial charge in [0.15, 0.2) is 5.82 Å². The minimum absolute atomic E-state index is 0.300. The van der Waals surface area contributed by atoms with Gasteiger partial charge in [-0.1, -0.05) is 35.5 Å². The Hall–Kier alpha value is -1.35. The molecule has 0 atom stereocenters.